The highest BCUT2D eigenvalue weighted by molar-refractivity contribution is 7.91. The third-order valence-electron chi connectivity index (χ3n) is 5.88. The quantitative estimate of drug-likeness (QED) is 0.342. The minimum atomic E-state index is -3.63. The zero-order valence-corrected chi connectivity index (χ0v) is 20.3. The van der Waals surface area contributed by atoms with E-state index in [0.29, 0.717) is 19.0 Å². The Labute approximate surface area is 196 Å². The lowest BCUT2D eigenvalue weighted by molar-refractivity contribution is 0.266. The summed E-state index contributed by atoms with van der Waals surface area (Å²) in [6.45, 7) is 7.82. The summed E-state index contributed by atoms with van der Waals surface area (Å²) in [5, 5.41) is 9.35. The molecule has 33 heavy (non-hydrogen) atoms. The highest BCUT2D eigenvalue weighted by Gasteiger charge is 2.18. The first kappa shape index (κ1) is 24.6. The normalized spacial score (nSPS) is 11.8. The van der Waals surface area contributed by atoms with Crippen LogP contribution in [0, 0.1) is 0 Å². The summed E-state index contributed by atoms with van der Waals surface area (Å²) >= 11 is 0. The van der Waals surface area contributed by atoms with E-state index in [1.165, 1.54) is 42.0 Å². The third kappa shape index (κ3) is 6.51. The average Bonchev–Trinajstić information content (AvgIpc) is 2.82. The van der Waals surface area contributed by atoms with Crippen molar-refractivity contribution in [1.29, 1.82) is 0 Å². The molecule has 0 saturated carbocycles. The summed E-state index contributed by atoms with van der Waals surface area (Å²) in [7, 11) is -3.63. The standard InChI is InChI=1S/C27H32O5S/c1-4-27(2,3)21-7-11-23(12-8-21)31-19-5-6-20-32-24-13-17-26(18-14-24)33(29,30)25-15-9-22(28)10-16-25/h7-18,28H,4-6,19-20H2,1-3H3. The number of phenols is 1. The second-order valence-corrected chi connectivity index (χ2v) is 10.6. The first-order valence-electron chi connectivity index (χ1n) is 11.2. The van der Waals surface area contributed by atoms with Crippen molar-refractivity contribution in [2.45, 2.75) is 55.2 Å². The highest BCUT2D eigenvalue weighted by Crippen LogP contribution is 2.28. The van der Waals surface area contributed by atoms with E-state index < -0.39 is 9.84 Å². The molecule has 0 aromatic heterocycles. The number of aromatic hydroxyl groups is 1. The molecule has 0 radical (unpaired) electrons. The zero-order chi connectivity index (χ0) is 23.9. The summed E-state index contributed by atoms with van der Waals surface area (Å²) in [5.41, 5.74) is 1.48. The van der Waals surface area contributed by atoms with Gasteiger partial charge in [0.25, 0.3) is 0 Å². The van der Waals surface area contributed by atoms with Gasteiger partial charge in [-0.3, -0.25) is 0 Å². The van der Waals surface area contributed by atoms with Crippen molar-refractivity contribution >= 4 is 9.84 Å². The highest BCUT2D eigenvalue weighted by atomic mass is 32.2. The van der Waals surface area contributed by atoms with Crippen LogP contribution in [0.2, 0.25) is 0 Å². The van der Waals surface area contributed by atoms with Crippen molar-refractivity contribution in [2.75, 3.05) is 13.2 Å². The number of hydrogen-bond donors (Lipinski definition) is 1. The third-order valence-corrected chi connectivity index (χ3v) is 7.66. The number of benzene rings is 3. The van der Waals surface area contributed by atoms with Crippen molar-refractivity contribution in [3.63, 3.8) is 0 Å². The Morgan fingerprint density at radius 2 is 1.15 bits per heavy atom. The molecule has 0 aliphatic rings. The van der Waals surface area contributed by atoms with Gasteiger partial charge >= 0.3 is 0 Å². The van der Waals surface area contributed by atoms with Crippen molar-refractivity contribution < 1.29 is 23.0 Å². The first-order valence-corrected chi connectivity index (χ1v) is 12.7. The summed E-state index contributed by atoms with van der Waals surface area (Å²) in [6, 6.07) is 20.2. The lowest BCUT2D eigenvalue weighted by Crippen LogP contribution is -2.15. The summed E-state index contributed by atoms with van der Waals surface area (Å²) < 4.78 is 36.9. The van der Waals surface area contributed by atoms with Crippen LogP contribution >= 0.6 is 0 Å². The molecular formula is C27H32O5S. The maximum atomic E-state index is 12.7. The van der Waals surface area contributed by atoms with Gasteiger partial charge in [-0.2, -0.15) is 0 Å². The zero-order valence-electron chi connectivity index (χ0n) is 19.5. The van der Waals surface area contributed by atoms with Crippen LogP contribution in [-0.4, -0.2) is 26.7 Å². The van der Waals surface area contributed by atoms with Crippen LogP contribution < -0.4 is 9.47 Å². The van der Waals surface area contributed by atoms with Gasteiger partial charge in [0, 0.05) is 0 Å². The molecule has 0 amide bonds. The SMILES string of the molecule is CCC(C)(C)c1ccc(OCCCCOc2ccc(S(=O)(=O)c3ccc(O)cc3)cc2)cc1. The van der Waals surface area contributed by atoms with Crippen LogP contribution in [0.25, 0.3) is 0 Å². The maximum absolute atomic E-state index is 12.7. The number of ether oxygens (including phenoxy) is 2. The van der Waals surface area contributed by atoms with E-state index in [1.807, 2.05) is 12.1 Å². The van der Waals surface area contributed by atoms with Crippen LogP contribution in [0.15, 0.2) is 82.6 Å². The Balaban J connectivity index is 1.41. The van der Waals surface area contributed by atoms with Crippen molar-refractivity contribution in [3.8, 4) is 17.2 Å². The topological polar surface area (TPSA) is 72.8 Å². The van der Waals surface area contributed by atoms with Gasteiger partial charge in [0.05, 0.1) is 23.0 Å². The molecule has 3 rings (SSSR count). The van der Waals surface area contributed by atoms with Crippen LogP contribution in [0.5, 0.6) is 17.2 Å². The van der Waals surface area contributed by atoms with Gasteiger partial charge in [-0.1, -0.05) is 32.9 Å². The summed E-state index contributed by atoms with van der Waals surface area (Å²) in [6.07, 6.45) is 2.77. The average molecular weight is 469 g/mol. The molecule has 0 heterocycles. The molecule has 0 unspecified atom stereocenters. The van der Waals surface area contributed by atoms with Gasteiger partial charge in [0.15, 0.2) is 0 Å². The number of sulfone groups is 1. The Morgan fingerprint density at radius 3 is 1.61 bits per heavy atom. The maximum Gasteiger partial charge on any atom is 0.206 e. The van der Waals surface area contributed by atoms with Crippen molar-refractivity contribution in [2.24, 2.45) is 0 Å². The lowest BCUT2D eigenvalue weighted by Gasteiger charge is -2.23. The smallest absolute Gasteiger partial charge is 0.206 e. The Morgan fingerprint density at radius 1 is 0.727 bits per heavy atom. The number of phenolic OH excluding ortho intramolecular Hbond substituents is 1. The molecule has 5 nitrogen and oxygen atoms in total. The second kappa shape index (κ2) is 10.8. The predicted octanol–water partition coefficient (Wildman–Crippen LogP) is 6.15. The molecule has 3 aromatic rings. The minimum absolute atomic E-state index is 0.0250. The van der Waals surface area contributed by atoms with Gasteiger partial charge in [0.2, 0.25) is 9.84 Å². The van der Waals surface area contributed by atoms with Crippen molar-refractivity contribution in [1.82, 2.24) is 0 Å². The fraction of sp³-hybridized carbons (Fsp3) is 0.333. The summed E-state index contributed by atoms with van der Waals surface area (Å²) in [5.74, 6) is 1.52. The van der Waals surface area contributed by atoms with Crippen LogP contribution in [0.3, 0.4) is 0 Å². The van der Waals surface area contributed by atoms with E-state index >= 15 is 0 Å². The fourth-order valence-corrected chi connectivity index (χ4v) is 4.53. The minimum Gasteiger partial charge on any atom is -0.508 e. The molecule has 3 aromatic carbocycles. The first-order chi connectivity index (χ1) is 15.7. The number of rotatable bonds is 11. The van der Waals surface area contributed by atoms with Gasteiger partial charge in [0.1, 0.15) is 17.2 Å². The van der Waals surface area contributed by atoms with E-state index in [9.17, 15) is 13.5 Å². The molecule has 0 bridgehead atoms. The van der Waals surface area contributed by atoms with E-state index in [-0.39, 0.29) is 21.0 Å². The molecule has 0 fully saturated rings. The molecule has 176 valence electrons. The Hall–Kier alpha value is -2.99. The molecule has 0 aliphatic carbocycles. The molecular weight excluding hydrogens is 436 g/mol. The second-order valence-electron chi connectivity index (χ2n) is 8.63. The van der Waals surface area contributed by atoms with Gasteiger partial charge in [-0.05, 0) is 90.9 Å². The molecule has 0 spiro atoms. The van der Waals surface area contributed by atoms with Crippen LogP contribution in [-0.2, 0) is 15.3 Å². The Bertz CT molecular complexity index is 1120. The predicted molar refractivity (Wildman–Crippen MR) is 130 cm³/mol. The monoisotopic (exact) mass is 468 g/mol. The van der Waals surface area contributed by atoms with Crippen LogP contribution in [0.1, 0.15) is 45.6 Å². The van der Waals surface area contributed by atoms with Gasteiger partial charge in [-0.15, -0.1) is 0 Å². The van der Waals surface area contributed by atoms with E-state index in [0.717, 1.165) is 25.0 Å². The van der Waals surface area contributed by atoms with E-state index in [2.05, 4.69) is 32.9 Å². The molecule has 0 atom stereocenters. The van der Waals surface area contributed by atoms with E-state index in [4.69, 9.17) is 9.47 Å². The van der Waals surface area contributed by atoms with E-state index in [1.54, 1.807) is 12.1 Å². The number of hydrogen-bond acceptors (Lipinski definition) is 5. The fourth-order valence-electron chi connectivity index (χ4n) is 3.27. The van der Waals surface area contributed by atoms with Crippen molar-refractivity contribution in [3.05, 3.63) is 78.4 Å². The molecule has 1 N–H and O–H groups in total. The summed E-state index contributed by atoms with van der Waals surface area (Å²) in [4.78, 5) is 0.319. The lowest BCUT2D eigenvalue weighted by atomic mass is 9.82. The van der Waals surface area contributed by atoms with Crippen LogP contribution in [0.4, 0.5) is 0 Å². The number of unbranched alkanes of at least 4 members (excludes halogenated alkanes) is 1. The molecule has 0 aliphatic heterocycles. The van der Waals surface area contributed by atoms with Gasteiger partial charge < -0.3 is 14.6 Å². The largest absolute Gasteiger partial charge is 0.508 e. The molecule has 6 heteroatoms. The Kier molecular flexibility index (Phi) is 8.03. The molecule has 0 saturated heterocycles. The van der Waals surface area contributed by atoms with Gasteiger partial charge in [-0.25, -0.2) is 8.42 Å².